The molecule has 0 aliphatic carbocycles. The number of hydrogen-bond donors (Lipinski definition) is 2. The van der Waals surface area contributed by atoms with Gasteiger partial charge in [-0.15, -0.1) is 0 Å². The van der Waals surface area contributed by atoms with Crippen LogP contribution in [-0.2, 0) is 0 Å². The summed E-state index contributed by atoms with van der Waals surface area (Å²) in [4.78, 5) is 12.7. The number of nitrogens with zero attached hydrogens (tertiary/aromatic N) is 4. The van der Waals surface area contributed by atoms with Gasteiger partial charge in [0.2, 0.25) is 5.52 Å². The number of ether oxygens (including phenoxy) is 2. The van der Waals surface area contributed by atoms with Crippen molar-refractivity contribution in [2.24, 2.45) is 0 Å². The van der Waals surface area contributed by atoms with Crippen LogP contribution in [-0.4, -0.2) is 54.8 Å². The highest BCUT2D eigenvalue weighted by atomic mass is 16.6. The molecule has 11 heteroatoms. The first kappa shape index (κ1) is 19.2. The monoisotopic (exact) mass is 389 g/mol. The number of methoxy groups -OCH3 is 2. The number of nitrogens with one attached hydrogen (secondary N) is 1. The van der Waals surface area contributed by atoms with E-state index in [4.69, 9.17) is 14.1 Å². The molecule has 0 radical (unpaired) electrons. The molecule has 1 heterocycles. The van der Waals surface area contributed by atoms with E-state index < -0.39 is 4.92 Å². The van der Waals surface area contributed by atoms with Crippen molar-refractivity contribution in [3.63, 3.8) is 0 Å². The highest BCUT2D eigenvalue weighted by Crippen LogP contribution is 2.41. The lowest BCUT2D eigenvalue weighted by atomic mass is 10.1. The number of nitro benzene ring substituents is 1. The summed E-state index contributed by atoms with van der Waals surface area (Å²) < 4.78 is 15.4. The third-order valence-corrected chi connectivity index (χ3v) is 4.20. The molecule has 1 aromatic heterocycles. The highest BCUT2D eigenvalue weighted by molar-refractivity contribution is 6.01. The lowest BCUT2D eigenvalue weighted by Gasteiger charge is -2.19. The summed E-state index contributed by atoms with van der Waals surface area (Å²) in [7, 11) is 4.70. The van der Waals surface area contributed by atoms with Crippen molar-refractivity contribution in [1.82, 2.24) is 10.3 Å². The summed E-state index contributed by atoms with van der Waals surface area (Å²) in [5, 5.41) is 31.5. The van der Waals surface area contributed by atoms with Crippen LogP contribution in [0.2, 0.25) is 0 Å². The van der Waals surface area contributed by atoms with Crippen molar-refractivity contribution in [2.45, 2.75) is 0 Å². The molecule has 0 saturated carbocycles. The maximum Gasteiger partial charge on any atom is 0.323 e. The number of fused-ring (bicyclic) bond motifs is 1. The molecule has 0 spiro atoms. The molecule has 0 atom stereocenters. The molecule has 0 amide bonds. The minimum absolute atomic E-state index is 0.00310. The van der Waals surface area contributed by atoms with E-state index in [1.807, 2.05) is 0 Å². The number of likely N-dealkylation sites (N-methyl/N-ethyl adjacent to an activating group) is 1. The summed E-state index contributed by atoms with van der Waals surface area (Å²) in [6, 6.07) is 6.74. The van der Waals surface area contributed by atoms with Gasteiger partial charge in [-0.2, -0.15) is 0 Å². The molecule has 148 valence electrons. The van der Waals surface area contributed by atoms with Crippen molar-refractivity contribution in [2.75, 3.05) is 44.6 Å². The van der Waals surface area contributed by atoms with Crippen LogP contribution in [0.25, 0.3) is 11.0 Å². The molecule has 0 unspecified atom stereocenters. The van der Waals surface area contributed by atoms with Crippen LogP contribution < -0.4 is 19.7 Å². The van der Waals surface area contributed by atoms with Crippen LogP contribution in [0.1, 0.15) is 0 Å². The number of anilines is 3. The lowest BCUT2D eigenvalue weighted by Crippen LogP contribution is -2.22. The van der Waals surface area contributed by atoms with E-state index in [0.717, 1.165) is 0 Å². The Bertz CT molecular complexity index is 1010. The summed E-state index contributed by atoms with van der Waals surface area (Å²) in [6.45, 7) is 0.0226. The van der Waals surface area contributed by atoms with E-state index in [9.17, 15) is 15.2 Å². The molecular weight excluding hydrogens is 370 g/mol. The molecule has 3 rings (SSSR count). The zero-order valence-electron chi connectivity index (χ0n) is 15.5. The minimum atomic E-state index is -0.550. The molecule has 2 N–H and O–H groups in total. The summed E-state index contributed by atoms with van der Waals surface area (Å²) in [5.41, 5.74) is 1.18. The minimum Gasteiger partial charge on any atom is -0.497 e. The summed E-state index contributed by atoms with van der Waals surface area (Å²) in [5.74, 6) is 1.13. The Labute approximate surface area is 159 Å². The zero-order chi connectivity index (χ0) is 20.3. The molecule has 0 fully saturated rings. The second kappa shape index (κ2) is 7.96. The maximum absolute atomic E-state index is 11.6. The molecule has 2 aromatic carbocycles. The summed E-state index contributed by atoms with van der Waals surface area (Å²) in [6.07, 6.45) is 0. The molecule has 0 bridgehead atoms. The Morgan fingerprint density at radius 2 is 1.96 bits per heavy atom. The van der Waals surface area contributed by atoms with E-state index in [1.54, 1.807) is 43.3 Å². The van der Waals surface area contributed by atoms with Gasteiger partial charge in [-0.25, -0.2) is 4.63 Å². The van der Waals surface area contributed by atoms with Gasteiger partial charge in [-0.3, -0.25) is 10.1 Å². The Hall–Kier alpha value is -3.60. The molecule has 3 aromatic rings. The smallest absolute Gasteiger partial charge is 0.323 e. The largest absolute Gasteiger partial charge is 0.497 e. The van der Waals surface area contributed by atoms with Gasteiger partial charge in [0, 0.05) is 19.7 Å². The third kappa shape index (κ3) is 3.47. The van der Waals surface area contributed by atoms with Crippen LogP contribution in [0.3, 0.4) is 0 Å². The Kier molecular flexibility index (Phi) is 5.45. The second-order valence-electron chi connectivity index (χ2n) is 5.85. The fraction of sp³-hybridized carbons (Fsp3) is 0.294. The van der Waals surface area contributed by atoms with E-state index in [1.165, 1.54) is 7.11 Å². The number of aliphatic hydroxyl groups excluding tert-OH is 1. The molecule has 28 heavy (non-hydrogen) atoms. The SMILES string of the molecule is COc1ccc(OC)c(Nc2cc(N(C)CCO)c([N+](=O)[O-])c3nonc23)c1. The number of aliphatic hydroxyl groups is 1. The Morgan fingerprint density at radius 1 is 1.21 bits per heavy atom. The van der Waals surface area contributed by atoms with Crippen molar-refractivity contribution < 1.29 is 24.1 Å². The van der Waals surface area contributed by atoms with Crippen molar-refractivity contribution in [3.05, 3.63) is 34.4 Å². The number of nitro groups is 1. The van der Waals surface area contributed by atoms with Crippen LogP contribution in [0.15, 0.2) is 28.9 Å². The fourth-order valence-electron chi connectivity index (χ4n) is 2.81. The van der Waals surface area contributed by atoms with Crippen LogP contribution >= 0.6 is 0 Å². The van der Waals surface area contributed by atoms with Gasteiger partial charge in [-0.05, 0) is 28.5 Å². The van der Waals surface area contributed by atoms with Crippen molar-refractivity contribution >= 4 is 33.8 Å². The van der Waals surface area contributed by atoms with Crippen LogP contribution in [0.4, 0.5) is 22.7 Å². The van der Waals surface area contributed by atoms with Gasteiger partial charge in [0.15, 0.2) is 5.52 Å². The van der Waals surface area contributed by atoms with Crippen molar-refractivity contribution in [3.8, 4) is 11.5 Å². The van der Waals surface area contributed by atoms with E-state index in [2.05, 4.69) is 15.6 Å². The quantitative estimate of drug-likeness (QED) is 0.436. The number of aromatic nitrogens is 2. The van der Waals surface area contributed by atoms with E-state index >= 15 is 0 Å². The van der Waals surface area contributed by atoms with Gasteiger partial charge in [0.1, 0.15) is 17.2 Å². The van der Waals surface area contributed by atoms with Crippen LogP contribution in [0.5, 0.6) is 11.5 Å². The van der Waals surface area contributed by atoms with Crippen molar-refractivity contribution in [1.29, 1.82) is 0 Å². The topological polar surface area (TPSA) is 136 Å². The van der Waals surface area contributed by atoms with Gasteiger partial charge < -0.3 is 24.8 Å². The maximum atomic E-state index is 11.6. The van der Waals surface area contributed by atoms with Gasteiger partial charge in [0.25, 0.3) is 0 Å². The second-order valence-corrected chi connectivity index (χ2v) is 5.85. The zero-order valence-corrected chi connectivity index (χ0v) is 15.5. The standard InChI is InChI=1S/C17H19N5O6/c1-21(6-7-23)13-9-12(15-16(20-28-19-15)17(13)22(24)25)18-11-8-10(26-2)4-5-14(11)27-3/h4-5,8-9,18,23H,6-7H2,1-3H3. The molecule has 0 aliphatic rings. The number of benzene rings is 2. The Morgan fingerprint density at radius 3 is 2.61 bits per heavy atom. The Balaban J connectivity index is 2.18. The molecular formula is C17H19N5O6. The third-order valence-electron chi connectivity index (χ3n) is 4.20. The molecule has 0 aliphatic heterocycles. The average Bonchev–Trinajstić information content (AvgIpc) is 3.17. The number of rotatable bonds is 8. The van der Waals surface area contributed by atoms with Gasteiger partial charge in [-0.1, -0.05) is 0 Å². The average molecular weight is 389 g/mol. The number of hydrogen-bond acceptors (Lipinski definition) is 10. The van der Waals surface area contributed by atoms with Gasteiger partial charge >= 0.3 is 5.69 Å². The molecule has 0 saturated heterocycles. The lowest BCUT2D eigenvalue weighted by molar-refractivity contribution is -0.382. The predicted molar refractivity (Wildman–Crippen MR) is 102 cm³/mol. The highest BCUT2D eigenvalue weighted by Gasteiger charge is 2.28. The first-order valence-electron chi connectivity index (χ1n) is 8.24. The summed E-state index contributed by atoms with van der Waals surface area (Å²) >= 11 is 0. The predicted octanol–water partition coefficient (Wildman–Crippen LogP) is 2.32. The van der Waals surface area contributed by atoms with E-state index in [-0.39, 0.29) is 35.6 Å². The van der Waals surface area contributed by atoms with Crippen LogP contribution in [0, 0.1) is 10.1 Å². The molecule has 11 nitrogen and oxygen atoms in total. The van der Waals surface area contributed by atoms with Gasteiger partial charge in [0.05, 0.1) is 37.1 Å². The normalized spacial score (nSPS) is 10.7. The first-order valence-corrected chi connectivity index (χ1v) is 8.24. The van der Waals surface area contributed by atoms with E-state index in [0.29, 0.717) is 22.9 Å². The first-order chi connectivity index (χ1) is 13.5. The fourth-order valence-corrected chi connectivity index (χ4v) is 2.81.